The molecule has 1 unspecified atom stereocenters. The first-order valence-corrected chi connectivity index (χ1v) is 5.38. The van der Waals surface area contributed by atoms with Crippen molar-refractivity contribution in [2.24, 2.45) is 5.73 Å². The summed E-state index contributed by atoms with van der Waals surface area (Å²) >= 11 is 11.1. The average molecular weight is 246 g/mol. The van der Waals surface area contributed by atoms with Gasteiger partial charge in [-0.05, 0) is 24.6 Å². The molecule has 0 aliphatic rings. The van der Waals surface area contributed by atoms with Gasteiger partial charge < -0.3 is 10.5 Å². The van der Waals surface area contributed by atoms with Gasteiger partial charge in [0.05, 0.1) is 5.03 Å². The highest BCUT2D eigenvalue weighted by Gasteiger charge is 2.00. The van der Waals surface area contributed by atoms with Crippen LogP contribution in [0, 0.1) is 0 Å². The Bertz CT molecular complexity index is 333. The van der Waals surface area contributed by atoms with Crippen LogP contribution in [0.1, 0.15) is 18.5 Å². The molecule has 82 valence electrons. The summed E-state index contributed by atoms with van der Waals surface area (Å²) in [5.41, 5.74) is 8.08. The summed E-state index contributed by atoms with van der Waals surface area (Å²) in [4.78, 5) is 0. The summed E-state index contributed by atoms with van der Waals surface area (Å²) in [5.74, 6) is 0.746. The molecular weight excluding hydrogens is 233 g/mol. The molecule has 0 bridgehead atoms. The molecule has 1 aromatic rings. The van der Waals surface area contributed by atoms with Crippen LogP contribution in [-0.4, -0.2) is 6.61 Å². The normalized spacial score (nSPS) is 13.7. The van der Waals surface area contributed by atoms with Crippen molar-refractivity contribution in [2.75, 3.05) is 6.61 Å². The lowest BCUT2D eigenvalue weighted by molar-refractivity contribution is 0.359. The van der Waals surface area contributed by atoms with Crippen LogP contribution in [0.15, 0.2) is 34.8 Å². The molecule has 0 fully saturated rings. The molecule has 0 aliphatic heterocycles. The lowest BCUT2D eigenvalue weighted by Gasteiger charge is -2.08. The molecule has 0 spiro atoms. The molecule has 0 amide bonds. The minimum atomic E-state index is 0.0328. The van der Waals surface area contributed by atoms with Crippen molar-refractivity contribution in [1.29, 1.82) is 0 Å². The Hall–Kier alpha value is -0.700. The lowest BCUT2D eigenvalue weighted by Crippen LogP contribution is -2.04. The summed E-state index contributed by atoms with van der Waals surface area (Å²) in [6.07, 6.45) is 0. The largest absolute Gasteiger partial charge is 0.488 e. The zero-order valence-corrected chi connectivity index (χ0v) is 9.92. The first kappa shape index (κ1) is 12.4. The van der Waals surface area contributed by atoms with E-state index in [2.05, 4.69) is 0 Å². The maximum absolute atomic E-state index is 5.72. The van der Waals surface area contributed by atoms with E-state index >= 15 is 0 Å². The summed E-state index contributed by atoms with van der Waals surface area (Å²) in [7, 11) is 0. The van der Waals surface area contributed by atoms with Gasteiger partial charge in [-0.2, -0.15) is 0 Å². The quantitative estimate of drug-likeness (QED) is 0.883. The molecule has 0 heterocycles. The summed E-state index contributed by atoms with van der Waals surface area (Å²) < 4.78 is 5.37. The van der Waals surface area contributed by atoms with Gasteiger partial charge in [0.2, 0.25) is 0 Å². The maximum Gasteiger partial charge on any atom is 0.125 e. The molecule has 0 aliphatic carbocycles. The number of halogens is 2. The number of hydrogen-bond acceptors (Lipinski definition) is 2. The van der Waals surface area contributed by atoms with E-state index in [4.69, 9.17) is 33.7 Å². The summed E-state index contributed by atoms with van der Waals surface area (Å²) in [5, 5.41) is 0.466. The van der Waals surface area contributed by atoms with Crippen molar-refractivity contribution in [3.05, 3.63) is 40.4 Å². The van der Waals surface area contributed by atoms with E-state index in [1.807, 2.05) is 31.2 Å². The standard InChI is InChI=1S/C11H13Cl2NO/c1-8(14)9-2-4-11(5-3-9)15-7-10(13)6-12/h2-6,8H,7,14H2,1H3. The molecule has 1 aromatic carbocycles. The van der Waals surface area contributed by atoms with Crippen molar-refractivity contribution >= 4 is 23.2 Å². The first-order valence-electron chi connectivity index (χ1n) is 4.56. The highest BCUT2D eigenvalue weighted by atomic mass is 35.5. The van der Waals surface area contributed by atoms with Crippen LogP contribution >= 0.6 is 23.2 Å². The van der Waals surface area contributed by atoms with Gasteiger partial charge in [0, 0.05) is 11.6 Å². The summed E-state index contributed by atoms with van der Waals surface area (Å²) in [6.45, 7) is 2.21. The van der Waals surface area contributed by atoms with Gasteiger partial charge in [-0.1, -0.05) is 35.3 Å². The molecule has 2 nitrogen and oxygen atoms in total. The van der Waals surface area contributed by atoms with E-state index in [1.54, 1.807) is 0 Å². The second-order valence-electron chi connectivity index (χ2n) is 3.20. The second kappa shape index (κ2) is 6.01. The van der Waals surface area contributed by atoms with Crippen LogP contribution in [0.2, 0.25) is 0 Å². The molecule has 15 heavy (non-hydrogen) atoms. The lowest BCUT2D eigenvalue weighted by atomic mass is 10.1. The fourth-order valence-electron chi connectivity index (χ4n) is 1.05. The molecule has 0 radical (unpaired) electrons. The van der Waals surface area contributed by atoms with Crippen LogP contribution in [0.3, 0.4) is 0 Å². The molecule has 0 aromatic heterocycles. The zero-order chi connectivity index (χ0) is 11.3. The van der Waals surface area contributed by atoms with E-state index in [9.17, 15) is 0 Å². The fourth-order valence-corrected chi connectivity index (χ4v) is 1.17. The second-order valence-corrected chi connectivity index (χ2v) is 3.91. The van der Waals surface area contributed by atoms with Gasteiger partial charge in [0.25, 0.3) is 0 Å². The smallest absolute Gasteiger partial charge is 0.125 e. The Kier molecular flexibility index (Phi) is 4.95. The topological polar surface area (TPSA) is 35.2 Å². The van der Waals surface area contributed by atoms with Gasteiger partial charge in [-0.15, -0.1) is 0 Å². The molecule has 4 heteroatoms. The van der Waals surface area contributed by atoms with E-state index in [0.717, 1.165) is 11.3 Å². The fraction of sp³-hybridized carbons (Fsp3) is 0.273. The number of nitrogens with two attached hydrogens (primary N) is 1. The van der Waals surface area contributed by atoms with E-state index in [0.29, 0.717) is 5.03 Å². The van der Waals surface area contributed by atoms with Crippen molar-refractivity contribution in [2.45, 2.75) is 13.0 Å². The summed E-state index contributed by atoms with van der Waals surface area (Å²) in [6, 6.07) is 7.61. The SMILES string of the molecule is CC(N)c1ccc(OCC(Cl)=CCl)cc1. The Morgan fingerprint density at radius 1 is 1.47 bits per heavy atom. The third-order valence-corrected chi connectivity index (χ3v) is 2.49. The molecule has 2 N–H and O–H groups in total. The van der Waals surface area contributed by atoms with E-state index < -0.39 is 0 Å². The van der Waals surface area contributed by atoms with Gasteiger partial charge in [-0.25, -0.2) is 0 Å². The Labute approximate surface area is 99.6 Å². The third-order valence-electron chi connectivity index (χ3n) is 1.90. The number of ether oxygens (including phenoxy) is 1. The number of benzene rings is 1. The van der Waals surface area contributed by atoms with Crippen LogP contribution in [0.25, 0.3) is 0 Å². The number of hydrogen-bond donors (Lipinski definition) is 1. The van der Waals surface area contributed by atoms with Gasteiger partial charge in [0.1, 0.15) is 12.4 Å². The Morgan fingerprint density at radius 2 is 2.07 bits per heavy atom. The van der Waals surface area contributed by atoms with Crippen LogP contribution in [0.4, 0.5) is 0 Å². The molecular formula is C11H13Cl2NO. The van der Waals surface area contributed by atoms with Crippen molar-refractivity contribution in [3.8, 4) is 5.75 Å². The van der Waals surface area contributed by atoms with Crippen LogP contribution in [-0.2, 0) is 0 Å². The Morgan fingerprint density at radius 3 is 2.53 bits per heavy atom. The van der Waals surface area contributed by atoms with Crippen molar-refractivity contribution < 1.29 is 4.74 Å². The highest BCUT2D eigenvalue weighted by Crippen LogP contribution is 2.17. The van der Waals surface area contributed by atoms with E-state index in [-0.39, 0.29) is 12.6 Å². The van der Waals surface area contributed by atoms with E-state index in [1.165, 1.54) is 5.54 Å². The minimum absolute atomic E-state index is 0.0328. The van der Waals surface area contributed by atoms with Crippen LogP contribution in [0.5, 0.6) is 5.75 Å². The monoisotopic (exact) mass is 245 g/mol. The van der Waals surface area contributed by atoms with Crippen molar-refractivity contribution in [3.63, 3.8) is 0 Å². The molecule has 0 saturated heterocycles. The predicted octanol–water partition coefficient (Wildman–Crippen LogP) is 3.40. The molecule has 0 saturated carbocycles. The van der Waals surface area contributed by atoms with Crippen LogP contribution < -0.4 is 10.5 Å². The first-order chi connectivity index (χ1) is 7.13. The van der Waals surface area contributed by atoms with Gasteiger partial charge in [0.15, 0.2) is 0 Å². The predicted molar refractivity (Wildman–Crippen MR) is 64.3 cm³/mol. The number of rotatable bonds is 4. The molecule has 1 atom stereocenters. The minimum Gasteiger partial charge on any atom is -0.488 e. The van der Waals surface area contributed by atoms with Crippen molar-refractivity contribution in [1.82, 2.24) is 0 Å². The van der Waals surface area contributed by atoms with Gasteiger partial charge in [-0.3, -0.25) is 0 Å². The molecule has 1 rings (SSSR count). The zero-order valence-electron chi connectivity index (χ0n) is 8.41. The average Bonchev–Trinajstić information content (AvgIpc) is 2.26. The van der Waals surface area contributed by atoms with Gasteiger partial charge >= 0.3 is 0 Å². The maximum atomic E-state index is 5.72. The third kappa shape index (κ3) is 4.12. The highest BCUT2D eigenvalue weighted by molar-refractivity contribution is 6.36. The Balaban J connectivity index is 2.57.